The molecule has 0 saturated heterocycles. The molecule has 0 radical (unpaired) electrons. The lowest BCUT2D eigenvalue weighted by Crippen LogP contribution is -2.34. The van der Waals surface area contributed by atoms with Crippen molar-refractivity contribution in [2.45, 2.75) is 44.2 Å². The van der Waals surface area contributed by atoms with Crippen LogP contribution < -0.4 is 10.5 Å². The molecule has 2 atom stereocenters. The number of methoxy groups -OCH3 is 1. The number of halogens is 1. The van der Waals surface area contributed by atoms with E-state index < -0.39 is 6.10 Å². The Bertz CT molecular complexity index is 640. The molecule has 2 aromatic rings. The van der Waals surface area contributed by atoms with Crippen LogP contribution in [0.2, 0.25) is 0 Å². The molecule has 0 aliphatic heterocycles. The minimum Gasteiger partial charge on any atom is -0.496 e. The molecule has 3 N–H and O–H groups in total. The molecular weight excluding hydrogens is 310 g/mol. The number of ether oxygens (including phenoxy) is 1. The number of benzene rings is 2. The molecule has 0 bridgehead atoms. The fraction of sp³-hybridized carbons (Fsp3) is 0.474. The topological polar surface area (TPSA) is 55.5 Å². The number of hydrogen-bond acceptors (Lipinski definition) is 3. The number of aliphatic hydroxyl groups is 1. The monoisotopic (exact) mass is 335 g/mol. The van der Waals surface area contributed by atoms with Gasteiger partial charge in [0.15, 0.2) is 0 Å². The first-order valence-corrected chi connectivity index (χ1v) is 8.21. The molecule has 1 aliphatic rings. The van der Waals surface area contributed by atoms with E-state index >= 15 is 0 Å². The lowest BCUT2D eigenvalue weighted by molar-refractivity contribution is 0.0622. The van der Waals surface area contributed by atoms with Crippen molar-refractivity contribution in [3.05, 3.63) is 42.0 Å². The molecule has 126 valence electrons. The van der Waals surface area contributed by atoms with Crippen LogP contribution in [0.25, 0.3) is 10.8 Å². The standard InChI is InChI=1S/C19H25NO2.ClH/c1-22-17-12-11-16(14-9-5-6-10-15(14)17)18(20)19(21)13-7-3-2-4-8-13;/h5-6,9-13,18-19,21H,2-4,7-8,20H2,1H3;1H/t18-,19+;/m0./s1. The van der Waals surface area contributed by atoms with E-state index in [1.54, 1.807) is 7.11 Å². The van der Waals surface area contributed by atoms with Crippen molar-refractivity contribution in [2.75, 3.05) is 7.11 Å². The highest BCUT2D eigenvalue weighted by Crippen LogP contribution is 2.36. The van der Waals surface area contributed by atoms with E-state index in [0.717, 1.165) is 34.9 Å². The van der Waals surface area contributed by atoms with Crippen molar-refractivity contribution in [3.63, 3.8) is 0 Å². The van der Waals surface area contributed by atoms with Crippen molar-refractivity contribution >= 4 is 23.2 Å². The first-order chi connectivity index (χ1) is 10.7. The van der Waals surface area contributed by atoms with Crippen molar-refractivity contribution in [2.24, 2.45) is 11.7 Å². The van der Waals surface area contributed by atoms with Crippen LogP contribution in [0, 0.1) is 5.92 Å². The maximum absolute atomic E-state index is 10.7. The predicted molar refractivity (Wildman–Crippen MR) is 97.3 cm³/mol. The molecule has 2 aromatic carbocycles. The molecule has 0 heterocycles. The second kappa shape index (κ2) is 8.00. The fourth-order valence-electron chi connectivity index (χ4n) is 3.72. The van der Waals surface area contributed by atoms with E-state index in [1.807, 2.05) is 30.3 Å². The summed E-state index contributed by atoms with van der Waals surface area (Å²) >= 11 is 0. The second-order valence-electron chi connectivity index (χ2n) is 6.32. The molecule has 3 rings (SSSR count). The van der Waals surface area contributed by atoms with Crippen LogP contribution in [0.4, 0.5) is 0 Å². The van der Waals surface area contributed by atoms with Crippen molar-refractivity contribution < 1.29 is 9.84 Å². The van der Waals surface area contributed by atoms with Gasteiger partial charge in [-0.15, -0.1) is 12.4 Å². The van der Waals surface area contributed by atoms with Gasteiger partial charge in [0, 0.05) is 5.39 Å². The molecule has 4 heteroatoms. The third-order valence-corrected chi connectivity index (χ3v) is 5.00. The lowest BCUT2D eigenvalue weighted by Gasteiger charge is -2.31. The second-order valence-corrected chi connectivity index (χ2v) is 6.32. The third kappa shape index (κ3) is 3.63. The zero-order valence-electron chi connectivity index (χ0n) is 13.6. The number of nitrogens with two attached hydrogens (primary N) is 1. The Balaban J connectivity index is 0.00000192. The summed E-state index contributed by atoms with van der Waals surface area (Å²) in [4.78, 5) is 0. The van der Waals surface area contributed by atoms with Crippen molar-refractivity contribution in [3.8, 4) is 5.75 Å². The highest BCUT2D eigenvalue weighted by molar-refractivity contribution is 5.91. The van der Waals surface area contributed by atoms with Gasteiger partial charge in [-0.2, -0.15) is 0 Å². The molecule has 0 amide bonds. The highest BCUT2D eigenvalue weighted by Gasteiger charge is 2.28. The molecule has 3 nitrogen and oxygen atoms in total. The summed E-state index contributed by atoms with van der Waals surface area (Å²) in [5.74, 6) is 1.17. The molecule has 1 aliphatic carbocycles. The van der Waals surface area contributed by atoms with Crippen LogP contribution in [-0.2, 0) is 0 Å². The molecular formula is C19H26ClNO2. The van der Waals surface area contributed by atoms with Crippen LogP contribution in [0.5, 0.6) is 5.75 Å². The van der Waals surface area contributed by atoms with Gasteiger partial charge in [0.1, 0.15) is 5.75 Å². The first-order valence-electron chi connectivity index (χ1n) is 8.21. The number of aliphatic hydroxyl groups excluding tert-OH is 1. The normalized spacial score (nSPS) is 18.2. The van der Waals surface area contributed by atoms with E-state index in [1.165, 1.54) is 19.3 Å². The summed E-state index contributed by atoms with van der Waals surface area (Å²) in [7, 11) is 1.68. The van der Waals surface area contributed by atoms with Crippen LogP contribution in [0.3, 0.4) is 0 Å². The Kier molecular flexibility index (Phi) is 6.28. The van der Waals surface area contributed by atoms with E-state index in [4.69, 9.17) is 10.5 Å². The van der Waals surface area contributed by atoms with Gasteiger partial charge in [-0.25, -0.2) is 0 Å². The van der Waals surface area contributed by atoms with Crippen molar-refractivity contribution in [1.82, 2.24) is 0 Å². The van der Waals surface area contributed by atoms with Gasteiger partial charge in [-0.05, 0) is 35.8 Å². The van der Waals surface area contributed by atoms with Crippen LogP contribution in [0.1, 0.15) is 43.7 Å². The van der Waals surface area contributed by atoms with Gasteiger partial charge < -0.3 is 15.6 Å². The van der Waals surface area contributed by atoms with E-state index in [9.17, 15) is 5.11 Å². The van der Waals surface area contributed by atoms with Crippen LogP contribution in [0.15, 0.2) is 36.4 Å². The zero-order chi connectivity index (χ0) is 15.5. The minimum absolute atomic E-state index is 0. The van der Waals surface area contributed by atoms with Crippen LogP contribution in [-0.4, -0.2) is 18.3 Å². The molecule has 0 spiro atoms. The Morgan fingerprint density at radius 2 is 1.70 bits per heavy atom. The molecule has 23 heavy (non-hydrogen) atoms. The first kappa shape index (κ1) is 18.1. The zero-order valence-corrected chi connectivity index (χ0v) is 14.4. The van der Waals surface area contributed by atoms with Gasteiger partial charge in [0.05, 0.1) is 19.3 Å². The van der Waals surface area contributed by atoms with Crippen LogP contribution >= 0.6 is 12.4 Å². The Morgan fingerprint density at radius 3 is 2.35 bits per heavy atom. The lowest BCUT2D eigenvalue weighted by atomic mass is 9.80. The third-order valence-electron chi connectivity index (χ3n) is 5.00. The summed E-state index contributed by atoms with van der Waals surface area (Å²) < 4.78 is 5.44. The van der Waals surface area contributed by atoms with E-state index in [-0.39, 0.29) is 18.4 Å². The maximum atomic E-state index is 10.7. The Morgan fingerprint density at radius 1 is 1.04 bits per heavy atom. The highest BCUT2D eigenvalue weighted by atomic mass is 35.5. The Hall–Kier alpha value is -1.29. The maximum Gasteiger partial charge on any atom is 0.126 e. The quantitative estimate of drug-likeness (QED) is 0.879. The summed E-state index contributed by atoms with van der Waals surface area (Å²) in [6, 6.07) is 11.7. The average molecular weight is 336 g/mol. The summed E-state index contributed by atoms with van der Waals surface area (Å²) in [5.41, 5.74) is 7.44. The smallest absolute Gasteiger partial charge is 0.126 e. The van der Waals surface area contributed by atoms with Gasteiger partial charge in [0.2, 0.25) is 0 Å². The molecule has 1 fully saturated rings. The number of hydrogen-bond donors (Lipinski definition) is 2. The van der Waals surface area contributed by atoms with Gasteiger partial charge in [-0.3, -0.25) is 0 Å². The molecule has 0 unspecified atom stereocenters. The number of fused-ring (bicyclic) bond motifs is 1. The summed E-state index contributed by atoms with van der Waals surface area (Å²) in [5, 5.41) is 12.8. The number of rotatable bonds is 4. The molecule has 0 aromatic heterocycles. The minimum atomic E-state index is -0.475. The van der Waals surface area contributed by atoms with Crippen molar-refractivity contribution in [1.29, 1.82) is 0 Å². The SMILES string of the molecule is COc1ccc([C@H](N)[C@H](O)C2CCCCC2)c2ccccc12.Cl. The van der Waals surface area contributed by atoms with E-state index in [2.05, 4.69) is 6.07 Å². The van der Waals surface area contributed by atoms with Gasteiger partial charge >= 0.3 is 0 Å². The Labute approximate surface area is 144 Å². The predicted octanol–water partition coefficient (Wildman–Crippen LogP) is 4.21. The molecule has 1 saturated carbocycles. The fourth-order valence-corrected chi connectivity index (χ4v) is 3.72. The summed E-state index contributed by atoms with van der Waals surface area (Å²) in [6.45, 7) is 0. The summed E-state index contributed by atoms with van der Waals surface area (Å²) in [6.07, 6.45) is 5.39. The van der Waals surface area contributed by atoms with Gasteiger partial charge in [-0.1, -0.05) is 49.6 Å². The van der Waals surface area contributed by atoms with E-state index in [0.29, 0.717) is 5.92 Å². The van der Waals surface area contributed by atoms with Gasteiger partial charge in [0.25, 0.3) is 0 Å². The largest absolute Gasteiger partial charge is 0.496 e. The average Bonchev–Trinajstić information content (AvgIpc) is 2.60.